The molecule has 0 aromatic heterocycles. The first-order chi connectivity index (χ1) is 6.17. The monoisotopic (exact) mass is 197 g/mol. The maximum Gasteiger partial charge on any atom is 0.102 e. The minimum atomic E-state index is -0.847. The summed E-state index contributed by atoms with van der Waals surface area (Å²) in [6, 6.07) is 5.61. The van der Waals surface area contributed by atoms with E-state index in [2.05, 4.69) is 0 Å². The van der Waals surface area contributed by atoms with Crippen molar-refractivity contribution >= 4 is 11.6 Å². The minimum Gasteiger partial charge on any atom is -0.384 e. The van der Waals surface area contributed by atoms with Gasteiger partial charge in [0, 0.05) is 11.6 Å². The molecule has 13 heavy (non-hydrogen) atoms. The second-order valence-electron chi connectivity index (χ2n) is 3.50. The van der Waals surface area contributed by atoms with Gasteiger partial charge in [0.1, 0.15) is 5.60 Å². The standard InChI is InChI=1S/C10H12ClNO/c11-9-3-1-2-8-7(9)4-5-10(8,13)6-12/h1-3,13H,4-6,12H2/t10-/m0/s1. The molecule has 0 radical (unpaired) electrons. The van der Waals surface area contributed by atoms with Gasteiger partial charge in [-0.2, -0.15) is 0 Å². The van der Waals surface area contributed by atoms with Gasteiger partial charge < -0.3 is 10.8 Å². The molecule has 0 aliphatic heterocycles. The Kier molecular flexibility index (Phi) is 2.06. The van der Waals surface area contributed by atoms with Gasteiger partial charge in [-0.3, -0.25) is 0 Å². The number of aliphatic hydroxyl groups is 1. The molecule has 1 aliphatic carbocycles. The van der Waals surface area contributed by atoms with Crippen LogP contribution in [0.1, 0.15) is 17.5 Å². The predicted octanol–water partition coefficient (Wildman–Crippen LogP) is 1.43. The van der Waals surface area contributed by atoms with Gasteiger partial charge >= 0.3 is 0 Å². The fourth-order valence-corrected chi connectivity index (χ4v) is 2.20. The van der Waals surface area contributed by atoms with Crippen molar-refractivity contribution in [3.05, 3.63) is 34.3 Å². The summed E-state index contributed by atoms with van der Waals surface area (Å²) in [5, 5.41) is 10.8. The summed E-state index contributed by atoms with van der Waals surface area (Å²) in [6.07, 6.45) is 1.51. The zero-order valence-electron chi connectivity index (χ0n) is 7.26. The third-order valence-corrected chi connectivity index (χ3v) is 3.10. The lowest BCUT2D eigenvalue weighted by Crippen LogP contribution is -2.32. The molecule has 1 atom stereocenters. The topological polar surface area (TPSA) is 46.2 Å². The molecule has 0 unspecified atom stereocenters. The smallest absolute Gasteiger partial charge is 0.102 e. The van der Waals surface area contributed by atoms with Gasteiger partial charge in [0.2, 0.25) is 0 Å². The molecule has 0 amide bonds. The van der Waals surface area contributed by atoms with Crippen molar-refractivity contribution in [1.29, 1.82) is 0 Å². The number of halogens is 1. The average molecular weight is 198 g/mol. The van der Waals surface area contributed by atoms with E-state index in [9.17, 15) is 5.11 Å². The molecule has 2 nitrogen and oxygen atoms in total. The van der Waals surface area contributed by atoms with Gasteiger partial charge in [-0.15, -0.1) is 0 Å². The van der Waals surface area contributed by atoms with Crippen LogP contribution in [0.25, 0.3) is 0 Å². The number of fused-ring (bicyclic) bond motifs is 1. The van der Waals surface area contributed by atoms with E-state index in [1.807, 2.05) is 18.2 Å². The van der Waals surface area contributed by atoms with Crippen LogP contribution >= 0.6 is 11.6 Å². The molecule has 1 aromatic carbocycles. The lowest BCUT2D eigenvalue weighted by molar-refractivity contribution is 0.0481. The van der Waals surface area contributed by atoms with Gasteiger partial charge in [-0.25, -0.2) is 0 Å². The summed E-state index contributed by atoms with van der Waals surface area (Å²) >= 11 is 6.00. The van der Waals surface area contributed by atoms with Crippen molar-refractivity contribution in [2.45, 2.75) is 18.4 Å². The summed E-state index contributed by atoms with van der Waals surface area (Å²) in [4.78, 5) is 0. The minimum absolute atomic E-state index is 0.264. The predicted molar refractivity (Wildman–Crippen MR) is 52.7 cm³/mol. The first kappa shape index (κ1) is 9.00. The fraction of sp³-hybridized carbons (Fsp3) is 0.400. The van der Waals surface area contributed by atoms with Crippen LogP contribution in [0.4, 0.5) is 0 Å². The Morgan fingerprint density at radius 2 is 2.31 bits per heavy atom. The Bertz CT molecular complexity index is 340. The quantitative estimate of drug-likeness (QED) is 0.716. The van der Waals surface area contributed by atoms with E-state index in [-0.39, 0.29) is 6.54 Å². The van der Waals surface area contributed by atoms with E-state index in [1.165, 1.54) is 0 Å². The highest BCUT2D eigenvalue weighted by Crippen LogP contribution is 2.39. The van der Waals surface area contributed by atoms with E-state index >= 15 is 0 Å². The Hall–Kier alpha value is -0.570. The van der Waals surface area contributed by atoms with E-state index in [4.69, 9.17) is 17.3 Å². The molecule has 0 heterocycles. The molecule has 3 heteroatoms. The lowest BCUT2D eigenvalue weighted by Gasteiger charge is -2.21. The third-order valence-electron chi connectivity index (χ3n) is 2.75. The third kappa shape index (κ3) is 1.26. The highest BCUT2D eigenvalue weighted by atomic mass is 35.5. The highest BCUT2D eigenvalue weighted by Gasteiger charge is 2.35. The summed E-state index contributed by atoms with van der Waals surface area (Å²) in [5.41, 5.74) is 6.65. The second-order valence-corrected chi connectivity index (χ2v) is 3.91. The molecule has 70 valence electrons. The van der Waals surface area contributed by atoms with E-state index < -0.39 is 5.60 Å². The number of rotatable bonds is 1. The van der Waals surface area contributed by atoms with Gasteiger partial charge in [-0.1, -0.05) is 23.7 Å². The van der Waals surface area contributed by atoms with Gasteiger partial charge in [0.05, 0.1) is 0 Å². The van der Waals surface area contributed by atoms with Crippen LogP contribution in [0.15, 0.2) is 18.2 Å². The van der Waals surface area contributed by atoms with Crippen LogP contribution in [0.3, 0.4) is 0 Å². The molecule has 0 saturated heterocycles. The van der Waals surface area contributed by atoms with Crippen LogP contribution in [-0.2, 0) is 12.0 Å². The molecule has 3 N–H and O–H groups in total. The van der Waals surface area contributed by atoms with Crippen LogP contribution in [0, 0.1) is 0 Å². The average Bonchev–Trinajstić information content (AvgIpc) is 2.47. The zero-order valence-corrected chi connectivity index (χ0v) is 8.01. The number of benzene rings is 1. The number of hydrogen-bond acceptors (Lipinski definition) is 2. The first-order valence-electron chi connectivity index (χ1n) is 4.38. The van der Waals surface area contributed by atoms with Gasteiger partial charge in [0.25, 0.3) is 0 Å². The molecule has 1 aromatic rings. The van der Waals surface area contributed by atoms with Crippen molar-refractivity contribution < 1.29 is 5.11 Å². The van der Waals surface area contributed by atoms with E-state index in [0.29, 0.717) is 6.42 Å². The summed E-state index contributed by atoms with van der Waals surface area (Å²) in [5.74, 6) is 0. The van der Waals surface area contributed by atoms with Gasteiger partial charge in [0.15, 0.2) is 0 Å². The highest BCUT2D eigenvalue weighted by molar-refractivity contribution is 6.31. The largest absolute Gasteiger partial charge is 0.384 e. The molecule has 0 saturated carbocycles. The maximum atomic E-state index is 10.1. The van der Waals surface area contributed by atoms with Crippen LogP contribution < -0.4 is 5.73 Å². The summed E-state index contributed by atoms with van der Waals surface area (Å²) in [7, 11) is 0. The molecule has 2 rings (SSSR count). The van der Waals surface area contributed by atoms with Crippen molar-refractivity contribution in [3.8, 4) is 0 Å². The van der Waals surface area contributed by atoms with Crippen LogP contribution in [-0.4, -0.2) is 11.7 Å². The van der Waals surface area contributed by atoms with Crippen LogP contribution in [0.2, 0.25) is 5.02 Å². The molecule has 0 spiro atoms. The Morgan fingerprint density at radius 1 is 1.54 bits per heavy atom. The SMILES string of the molecule is NC[C@@]1(O)CCc2c(Cl)cccc21. The van der Waals surface area contributed by atoms with E-state index in [0.717, 1.165) is 22.6 Å². The Morgan fingerprint density at radius 3 is 3.00 bits per heavy atom. The zero-order chi connectivity index (χ0) is 9.47. The molecule has 0 bridgehead atoms. The fourth-order valence-electron chi connectivity index (χ4n) is 1.93. The maximum absolute atomic E-state index is 10.1. The lowest BCUT2D eigenvalue weighted by atomic mass is 9.96. The van der Waals surface area contributed by atoms with Crippen molar-refractivity contribution in [2.24, 2.45) is 5.73 Å². The molecular weight excluding hydrogens is 186 g/mol. The number of nitrogens with two attached hydrogens (primary N) is 1. The van der Waals surface area contributed by atoms with Crippen LogP contribution in [0.5, 0.6) is 0 Å². The summed E-state index contributed by atoms with van der Waals surface area (Å²) in [6.45, 7) is 0.264. The molecular formula is C10H12ClNO. The van der Waals surface area contributed by atoms with Crippen molar-refractivity contribution in [2.75, 3.05) is 6.54 Å². The van der Waals surface area contributed by atoms with E-state index in [1.54, 1.807) is 0 Å². The molecule has 1 aliphatic rings. The van der Waals surface area contributed by atoms with Gasteiger partial charge in [-0.05, 0) is 30.0 Å². The second kappa shape index (κ2) is 2.98. The Labute approximate surface area is 82.3 Å². The molecule has 0 fully saturated rings. The van der Waals surface area contributed by atoms with Crippen molar-refractivity contribution in [1.82, 2.24) is 0 Å². The first-order valence-corrected chi connectivity index (χ1v) is 4.75. The van der Waals surface area contributed by atoms with Crippen molar-refractivity contribution in [3.63, 3.8) is 0 Å². The number of hydrogen-bond donors (Lipinski definition) is 2. The Balaban J connectivity index is 2.55. The summed E-state index contributed by atoms with van der Waals surface area (Å²) < 4.78 is 0. The normalized spacial score (nSPS) is 26.1.